The van der Waals surface area contributed by atoms with E-state index < -0.39 is 16.4 Å². The lowest BCUT2D eigenvalue weighted by molar-refractivity contribution is 0.321. The van der Waals surface area contributed by atoms with Gasteiger partial charge in [-0.25, -0.2) is 4.98 Å². The number of hydrogen-bond donors (Lipinski definition) is 4. The molecular formula is C12H14N4O3S. The number of anilines is 3. The zero-order valence-electron chi connectivity index (χ0n) is 10.5. The number of nitrogens with one attached hydrogen (secondary N) is 2. The predicted octanol–water partition coefficient (Wildman–Crippen LogP) is 0.196. The highest BCUT2D eigenvalue weighted by Crippen LogP contribution is 2.15. The average molecular weight is 294 g/mol. The minimum Gasteiger partial charge on any atom is -0.395 e. The van der Waals surface area contributed by atoms with Crippen molar-refractivity contribution in [1.29, 1.82) is 0 Å². The highest BCUT2D eigenvalue weighted by Gasteiger charge is 2.04. The van der Waals surface area contributed by atoms with Gasteiger partial charge in [0, 0.05) is 10.6 Å². The predicted molar refractivity (Wildman–Crippen MR) is 77.4 cm³/mol. The Kier molecular flexibility index (Phi) is 4.49. The Morgan fingerprint density at radius 3 is 2.65 bits per heavy atom. The second kappa shape index (κ2) is 6.31. The van der Waals surface area contributed by atoms with Crippen LogP contribution in [0, 0.1) is 0 Å². The van der Waals surface area contributed by atoms with Gasteiger partial charge in [-0.3, -0.25) is 14.0 Å². The van der Waals surface area contributed by atoms with E-state index in [0.29, 0.717) is 10.6 Å². The van der Waals surface area contributed by atoms with E-state index in [1.807, 2.05) is 0 Å². The first-order valence-corrected chi connectivity index (χ1v) is 7.13. The number of aromatic amines is 1. The molecule has 0 saturated carbocycles. The van der Waals surface area contributed by atoms with Gasteiger partial charge >= 0.3 is 0 Å². The van der Waals surface area contributed by atoms with E-state index in [1.165, 1.54) is 6.20 Å². The van der Waals surface area contributed by atoms with Gasteiger partial charge in [0.25, 0.3) is 5.56 Å². The van der Waals surface area contributed by atoms with Gasteiger partial charge in [-0.2, -0.15) is 0 Å². The first kappa shape index (κ1) is 14.2. The maximum atomic E-state index is 11.7. The Bertz CT molecular complexity index is 669. The molecule has 2 rings (SSSR count). The van der Waals surface area contributed by atoms with Crippen molar-refractivity contribution in [2.45, 2.75) is 4.90 Å². The minimum absolute atomic E-state index is 0.0466. The number of nitrogen functional groups attached to an aromatic ring is 1. The molecule has 0 fully saturated rings. The van der Waals surface area contributed by atoms with Gasteiger partial charge in [0.15, 0.2) is 0 Å². The molecule has 0 spiro atoms. The number of nitrogens with two attached hydrogens (primary N) is 1. The van der Waals surface area contributed by atoms with Crippen LogP contribution in [0.15, 0.2) is 40.2 Å². The summed E-state index contributed by atoms with van der Waals surface area (Å²) in [5.41, 5.74) is 5.69. The van der Waals surface area contributed by atoms with Gasteiger partial charge < -0.3 is 16.2 Å². The van der Waals surface area contributed by atoms with Crippen molar-refractivity contribution >= 4 is 28.1 Å². The number of aromatic nitrogens is 2. The molecule has 0 aliphatic carbocycles. The molecule has 7 nitrogen and oxygen atoms in total. The van der Waals surface area contributed by atoms with Gasteiger partial charge in [-0.1, -0.05) is 0 Å². The number of hydrogen-bond acceptors (Lipinski definition) is 6. The van der Waals surface area contributed by atoms with E-state index in [-0.39, 0.29) is 24.0 Å². The number of H-pyrrole nitrogens is 1. The Labute approximate surface area is 117 Å². The average Bonchev–Trinajstić information content (AvgIpc) is 2.44. The lowest BCUT2D eigenvalue weighted by Gasteiger charge is -2.06. The first-order valence-electron chi connectivity index (χ1n) is 5.81. The normalized spacial score (nSPS) is 12.1. The lowest BCUT2D eigenvalue weighted by Crippen LogP contribution is -2.14. The topological polar surface area (TPSA) is 121 Å². The monoisotopic (exact) mass is 294 g/mol. The highest BCUT2D eigenvalue weighted by atomic mass is 32.2. The van der Waals surface area contributed by atoms with Crippen molar-refractivity contribution in [2.24, 2.45) is 0 Å². The number of benzene rings is 1. The van der Waals surface area contributed by atoms with Crippen molar-refractivity contribution in [1.82, 2.24) is 9.97 Å². The maximum Gasteiger partial charge on any atom is 0.275 e. The third kappa shape index (κ3) is 3.43. The molecule has 106 valence electrons. The van der Waals surface area contributed by atoms with Crippen molar-refractivity contribution in [3.05, 3.63) is 40.8 Å². The fourth-order valence-corrected chi connectivity index (χ4v) is 2.34. The smallest absolute Gasteiger partial charge is 0.275 e. The van der Waals surface area contributed by atoms with Crippen LogP contribution >= 0.6 is 0 Å². The van der Waals surface area contributed by atoms with Crippen LogP contribution in [0.25, 0.3) is 0 Å². The largest absolute Gasteiger partial charge is 0.395 e. The van der Waals surface area contributed by atoms with Gasteiger partial charge in [0.2, 0.25) is 5.95 Å². The second-order valence-electron chi connectivity index (χ2n) is 3.94. The van der Waals surface area contributed by atoms with Gasteiger partial charge in [-0.15, -0.1) is 0 Å². The Hall–Kier alpha value is -2.19. The summed E-state index contributed by atoms with van der Waals surface area (Å²) in [6.45, 7) is -0.122. The molecule has 5 N–H and O–H groups in total. The number of aliphatic hydroxyl groups excluding tert-OH is 1. The zero-order chi connectivity index (χ0) is 14.5. The fraction of sp³-hybridized carbons (Fsp3) is 0.167. The van der Waals surface area contributed by atoms with Crippen molar-refractivity contribution in [3.63, 3.8) is 0 Å². The van der Waals surface area contributed by atoms with Crippen LogP contribution in [0.1, 0.15) is 0 Å². The molecule has 1 unspecified atom stereocenters. The van der Waals surface area contributed by atoms with Crippen molar-refractivity contribution in [3.8, 4) is 0 Å². The van der Waals surface area contributed by atoms with Gasteiger partial charge in [-0.05, 0) is 24.3 Å². The summed E-state index contributed by atoms with van der Waals surface area (Å²) in [6, 6.07) is 6.79. The van der Waals surface area contributed by atoms with Crippen LogP contribution in [0.4, 0.5) is 17.3 Å². The molecule has 0 aliphatic heterocycles. The van der Waals surface area contributed by atoms with Crippen LogP contribution in [-0.4, -0.2) is 31.6 Å². The first-order chi connectivity index (χ1) is 9.60. The summed E-state index contributed by atoms with van der Waals surface area (Å²) in [6.07, 6.45) is 1.27. The summed E-state index contributed by atoms with van der Waals surface area (Å²) in [5.74, 6) is 0.480. The van der Waals surface area contributed by atoms with Crippen LogP contribution < -0.4 is 16.6 Å². The molecular weight excluding hydrogens is 280 g/mol. The lowest BCUT2D eigenvalue weighted by atomic mass is 10.3. The van der Waals surface area contributed by atoms with Crippen LogP contribution in [0.3, 0.4) is 0 Å². The molecule has 8 heteroatoms. The molecule has 0 aliphatic rings. The second-order valence-corrected chi connectivity index (χ2v) is 5.51. The third-order valence-electron chi connectivity index (χ3n) is 2.48. The van der Waals surface area contributed by atoms with E-state index in [4.69, 9.17) is 10.8 Å². The van der Waals surface area contributed by atoms with Gasteiger partial charge in [0.1, 0.15) is 5.69 Å². The van der Waals surface area contributed by atoms with Gasteiger partial charge in [0.05, 0.1) is 29.4 Å². The van der Waals surface area contributed by atoms with Crippen molar-refractivity contribution in [2.75, 3.05) is 23.4 Å². The molecule has 0 saturated heterocycles. The summed E-state index contributed by atoms with van der Waals surface area (Å²) in [4.78, 5) is 18.4. The molecule has 1 aromatic heterocycles. The fourth-order valence-electron chi connectivity index (χ4n) is 1.50. The standard InChI is InChI=1S/C12H14N4O3S/c13-10-7-14-12(16-11(10)18)15-8-1-3-9(4-2-8)20(19)6-5-17/h1-4,7,17H,5-6,13H2,(H2,14,15,16,18). The SMILES string of the molecule is Nc1cnc(Nc2ccc(S(=O)CCO)cc2)[nH]c1=O. The summed E-state index contributed by atoms with van der Waals surface area (Å²) in [7, 11) is -1.21. The molecule has 1 atom stereocenters. The highest BCUT2D eigenvalue weighted by molar-refractivity contribution is 7.85. The quantitative estimate of drug-likeness (QED) is 0.625. The molecule has 0 amide bonds. The van der Waals surface area contributed by atoms with E-state index in [9.17, 15) is 9.00 Å². The molecule has 2 aromatic rings. The Morgan fingerprint density at radius 2 is 2.05 bits per heavy atom. The third-order valence-corrected chi connectivity index (χ3v) is 3.83. The van der Waals surface area contributed by atoms with E-state index in [1.54, 1.807) is 24.3 Å². The Morgan fingerprint density at radius 1 is 1.35 bits per heavy atom. The molecule has 0 bridgehead atoms. The molecule has 0 radical (unpaired) electrons. The van der Waals surface area contributed by atoms with Crippen LogP contribution in [-0.2, 0) is 10.8 Å². The number of aliphatic hydroxyl groups is 1. The molecule has 20 heavy (non-hydrogen) atoms. The van der Waals surface area contributed by atoms with Crippen molar-refractivity contribution < 1.29 is 9.32 Å². The summed E-state index contributed by atoms with van der Waals surface area (Å²) in [5, 5.41) is 11.6. The van der Waals surface area contributed by atoms with E-state index in [2.05, 4.69) is 15.3 Å². The van der Waals surface area contributed by atoms with E-state index >= 15 is 0 Å². The summed E-state index contributed by atoms with van der Waals surface area (Å²) < 4.78 is 11.7. The minimum atomic E-state index is -1.21. The number of rotatable bonds is 5. The maximum absolute atomic E-state index is 11.7. The van der Waals surface area contributed by atoms with Crippen LogP contribution in [0.5, 0.6) is 0 Å². The summed E-state index contributed by atoms with van der Waals surface area (Å²) >= 11 is 0. The number of nitrogens with zero attached hydrogens (tertiary/aromatic N) is 1. The van der Waals surface area contributed by atoms with E-state index in [0.717, 1.165) is 0 Å². The zero-order valence-corrected chi connectivity index (χ0v) is 11.3. The van der Waals surface area contributed by atoms with Crippen LogP contribution in [0.2, 0.25) is 0 Å². The molecule has 1 aromatic carbocycles. The molecule has 1 heterocycles. The Balaban J connectivity index is 2.12.